The molecule has 0 amide bonds. The molecule has 1 saturated carbocycles. The summed E-state index contributed by atoms with van der Waals surface area (Å²) in [5.74, 6) is 0. The fraction of sp³-hybridized carbons (Fsp3) is 0.455. The first-order valence-electron chi connectivity index (χ1n) is 4.59. The van der Waals surface area contributed by atoms with E-state index in [4.69, 9.17) is 11.6 Å². The summed E-state index contributed by atoms with van der Waals surface area (Å²) in [6.07, 6.45) is 3.00. The molecule has 0 aliphatic heterocycles. The number of hydrogen-bond donors (Lipinski definition) is 0. The SMILES string of the molecule is FCC1(c2ccccc2Cl)CCC1. The second-order valence-electron chi connectivity index (χ2n) is 3.75. The Morgan fingerprint density at radius 3 is 2.46 bits per heavy atom. The summed E-state index contributed by atoms with van der Waals surface area (Å²) in [6.45, 7) is -0.281. The molecule has 1 fully saturated rings. The van der Waals surface area contributed by atoms with E-state index >= 15 is 0 Å². The van der Waals surface area contributed by atoms with Crippen molar-refractivity contribution >= 4 is 11.6 Å². The highest BCUT2D eigenvalue weighted by atomic mass is 35.5. The molecule has 70 valence electrons. The molecule has 0 spiro atoms. The van der Waals surface area contributed by atoms with Gasteiger partial charge in [0.25, 0.3) is 0 Å². The lowest BCUT2D eigenvalue weighted by Gasteiger charge is -2.40. The van der Waals surface area contributed by atoms with Crippen LogP contribution in [-0.2, 0) is 5.41 Å². The number of hydrogen-bond acceptors (Lipinski definition) is 0. The summed E-state index contributed by atoms with van der Waals surface area (Å²) < 4.78 is 12.9. The monoisotopic (exact) mass is 198 g/mol. The van der Waals surface area contributed by atoms with Gasteiger partial charge in [-0.1, -0.05) is 36.2 Å². The number of rotatable bonds is 2. The molecule has 1 aromatic rings. The van der Waals surface area contributed by atoms with Gasteiger partial charge in [-0.05, 0) is 24.5 Å². The van der Waals surface area contributed by atoms with Crippen molar-refractivity contribution in [1.82, 2.24) is 0 Å². The molecule has 0 saturated heterocycles. The van der Waals surface area contributed by atoms with Crippen LogP contribution in [0, 0.1) is 0 Å². The molecule has 13 heavy (non-hydrogen) atoms. The molecule has 0 nitrogen and oxygen atoms in total. The van der Waals surface area contributed by atoms with E-state index in [0.717, 1.165) is 24.8 Å². The van der Waals surface area contributed by atoms with Gasteiger partial charge in [0.15, 0.2) is 0 Å². The average molecular weight is 199 g/mol. The minimum Gasteiger partial charge on any atom is -0.250 e. The van der Waals surface area contributed by atoms with Gasteiger partial charge in [-0.25, -0.2) is 0 Å². The van der Waals surface area contributed by atoms with E-state index in [0.29, 0.717) is 5.02 Å². The van der Waals surface area contributed by atoms with Crippen molar-refractivity contribution in [3.63, 3.8) is 0 Å². The van der Waals surface area contributed by atoms with Gasteiger partial charge in [0, 0.05) is 10.4 Å². The molecule has 0 heterocycles. The number of benzene rings is 1. The third kappa shape index (κ3) is 1.35. The van der Waals surface area contributed by atoms with Crippen LogP contribution in [0.1, 0.15) is 24.8 Å². The Morgan fingerprint density at radius 1 is 1.31 bits per heavy atom. The van der Waals surface area contributed by atoms with E-state index in [1.165, 1.54) is 0 Å². The van der Waals surface area contributed by atoms with E-state index < -0.39 is 0 Å². The molecule has 0 unspecified atom stereocenters. The maximum absolute atomic E-state index is 12.9. The van der Waals surface area contributed by atoms with Crippen LogP contribution < -0.4 is 0 Å². The van der Waals surface area contributed by atoms with Gasteiger partial charge >= 0.3 is 0 Å². The largest absolute Gasteiger partial charge is 0.250 e. The van der Waals surface area contributed by atoms with Crippen molar-refractivity contribution in [2.24, 2.45) is 0 Å². The molecule has 2 heteroatoms. The maximum Gasteiger partial charge on any atom is 0.0991 e. The van der Waals surface area contributed by atoms with E-state index in [1.807, 2.05) is 24.3 Å². The summed E-state index contributed by atoms with van der Waals surface area (Å²) in [7, 11) is 0. The Labute approximate surface area is 82.7 Å². The first-order valence-corrected chi connectivity index (χ1v) is 4.97. The smallest absolute Gasteiger partial charge is 0.0991 e. The normalized spacial score (nSPS) is 19.5. The topological polar surface area (TPSA) is 0 Å². The number of alkyl halides is 1. The lowest BCUT2D eigenvalue weighted by atomic mass is 9.65. The van der Waals surface area contributed by atoms with Crippen LogP contribution in [0.5, 0.6) is 0 Å². The van der Waals surface area contributed by atoms with Gasteiger partial charge < -0.3 is 0 Å². The summed E-state index contributed by atoms with van der Waals surface area (Å²) >= 11 is 6.03. The highest BCUT2D eigenvalue weighted by Gasteiger charge is 2.39. The van der Waals surface area contributed by atoms with E-state index in [-0.39, 0.29) is 12.1 Å². The highest BCUT2D eigenvalue weighted by Crippen LogP contribution is 2.46. The second-order valence-corrected chi connectivity index (χ2v) is 4.15. The van der Waals surface area contributed by atoms with Crippen molar-refractivity contribution in [2.45, 2.75) is 24.7 Å². The summed E-state index contributed by atoms with van der Waals surface area (Å²) in [5, 5.41) is 0.708. The standard InChI is InChI=1S/C11H12ClF/c12-10-5-2-1-4-9(10)11(8-13)6-3-7-11/h1-2,4-5H,3,6-8H2. The quantitative estimate of drug-likeness (QED) is 0.679. The zero-order valence-electron chi connectivity index (χ0n) is 7.39. The zero-order valence-corrected chi connectivity index (χ0v) is 8.15. The van der Waals surface area contributed by atoms with Gasteiger partial charge in [0.2, 0.25) is 0 Å². The van der Waals surface area contributed by atoms with Crippen LogP contribution in [0.15, 0.2) is 24.3 Å². The predicted molar refractivity (Wildman–Crippen MR) is 53.0 cm³/mol. The van der Waals surface area contributed by atoms with Crippen LogP contribution in [-0.4, -0.2) is 6.67 Å². The molecular weight excluding hydrogens is 187 g/mol. The average Bonchev–Trinajstić information content (AvgIpc) is 2.07. The Kier molecular flexibility index (Phi) is 2.29. The van der Waals surface area contributed by atoms with Gasteiger partial charge in [-0.2, -0.15) is 0 Å². The lowest BCUT2D eigenvalue weighted by Crippen LogP contribution is -2.36. The van der Waals surface area contributed by atoms with Gasteiger partial charge in [-0.3, -0.25) is 4.39 Å². The summed E-state index contributed by atoms with van der Waals surface area (Å²) in [5.41, 5.74) is 0.739. The Morgan fingerprint density at radius 2 is 2.00 bits per heavy atom. The molecule has 0 aromatic heterocycles. The maximum atomic E-state index is 12.9. The van der Waals surface area contributed by atoms with Crippen molar-refractivity contribution < 1.29 is 4.39 Å². The van der Waals surface area contributed by atoms with Gasteiger partial charge in [0.05, 0.1) is 6.67 Å². The molecule has 2 rings (SSSR count). The van der Waals surface area contributed by atoms with Gasteiger partial charge in [-0.15, -0.1) is 0 Å². The molecule has 1 aromatic carbocycles. The fourth-order valence-corrected chi connectivity index (χ4v) is 2.31. The van der Waals surface area contributed by atoms with Gasteiger partial charge in [0.1, 0.15) is 0 Å². The second kappa shape index (κ2) is 3.30. The fourth-order valence-electron chi connectivity index (χ4n) is 1.97. The third-order valence-electron chi connectivity index (χ3n) is 3.01. The van der Waals surface area contributed by atoms with Crippen molar-refractivity contribution in [2.75, 3.05) is 6.67 Å². The first kappa shape index (κ1) is 9.01. The molecule has 0 N–H and O–H groups in total. The summed E-state index contributed by atoms with van der Waals surface area (Å²) in [6, 6.07) is 7.60. The van der Waals surface area contributed by atoms with E-state index in [9.17, 15) is 4.39 Å². The summed E-state index contributed by atoms with van der Waals surface area (Å²) in [4.78, 5) is 0. The molecule has 0 atom stereocenters. The molecule has 0 radical (unpaired) electrons. The Hall–Kier alpha value is -0.560. The van der Waals surface area contributed by atoms with Crippen LogP contribution in [0.3, 0.4) is 0 Å². The Bertz CT molecular complexity index is 299. The van der Waals surface area contributed by atoms with Crippen LogP contribution in [0.4, 0.5) is 4.39 Å². The first-order chi connectivity index (χ1) is 6.28. The number of halogens is 2. The highest BCUT2D eigenvalue weighted by molar-refractivity contribution is 6.31. The van der Waals surface area contributed by atoms with Crippen molar-refractivity contribution in [3.8, 4) is 0 Å². The van der Waals surface area contributed by atoms with Crippen molar-refractivity contribution in [3.05, 3.63) is 34.9 Å². The van der Waals surface area contributed by atoms with E-state index in [1.54, 1.807) is 0 Å². The molecular formula is C11H12ClF. The molecule has 0 bridgehead atoms. The Balaban J connectivity index is 2.38. The lowest BCUT2D eigenvalue weighted by molar-refractivity contribution is 0.185. The third-order valence-corrected chi connectivity index (χ3v) is 3.34. The molecule has 1 aliphatic rings. The van der Waals surface area contributed by atoms with Crippen LogP contribution in [0.25, 0.3) is 0 Å². The van der Waals surface area contributed by atoms with E-state index in [2.05, 4.69) is 0 Å². The van der Waals surface area contributed by atoms with Crippen LogP contribution in [0.2, 0.25) is 5.02 Å². The van der Waals surface area contributed by atoms with Crippen molar-refractivity contribution in [1.29, 1.82) is 0 Å². The minimum absolute atomic E-state index is 0.252. The zero-order chi connectivity index (χ0) is 9.31. The predicted octanol–water partition coefficient (Wildman–Crippen LogP) is 3.73. The molecule has 1 aliphatic carbocycles. The minimum atomic E-state index is -0.281. The van der Waals surface area contributed by atoms with Crippen LogP contribution >= 0.6 is 11.6 Å².